The van der Waals surface area contributed by atoms with E-state index in [1.807, 2.05) is 9.45 Å². The van der Waals surface area contributed by atoms with Crippen molar-refractivity contribution < 1.29 is 16.6 Å². The van der Waals surface area contributed by atoms with Crippen LogP contribution in [0.3, 0.4) is 0 Å². The molecule has 2 aliphatic carbocycles. The second-order valence-electron chi connectivity index (χ2n) is 9.51. The zero-order valence-corrected chi connectivity index (χ0v) is 19.1. The van der Waals surface area contributed by atoms with Crippen LogP contribution >= 0.6 is 0 Å². The molecule has 1 aromatic carbocycles. The zero-order valence-electron chi connectivity index (χ0n) is 16.5. The second-order valence-corrected chi connectivity index (χ2v) is 22.1. The molecule has 0 saturated heterocycles. The van der Waals surface area contributed by atoms with Crippen molar-refractivity contribution in [3.63, 3.8) is 0 Å². The maximum atomic E-state index is 2.61. The topological polar surface area (TPSA) is 0 Å². The van der Waals surface area contributed by atoms with E-state index in [1.54, 1.807) is 16.3 Å². The van der Waals surface area contributed by atoms with Crippen LogP contribution in [0.2, 0.25) is 34.8 Å². The first-order valence-corrected chi connectivity index (χ1v) is 18.4. The fourth-order valence-electron chi connectivity index (χ4n) is 5.17. The van der Waals surface area contributed by atoms with Crippen LogP contribution in [0.15, 0.2) is 50.9 Å². The van der Waals surface area contributed by atoms with Gasteiger partial charge < -0.3 is 0 Å². The molecule has 0 amide bonds. The molecule has 0 aliphatic heterocycles. The quantitative estimate of drug-likeness (QED) is 0.516. The Morgan fingerprint density at radius 3 is 2.25 bits per heavy atom. The van der Waals surface area contributed by atoms with E-state index >= 15 is 0 Å². The molecular weight excluding hydrogens is 340 g/mol. The van der Waals surface area contributed by atoms with Crippen molar-refractivity contribution in [1.82, 2.24) is 0 Å². The summed E-state index contributed by atoms with van der Waals surface area (Å²) in [5, 5.41) is 9.47. The van der Waals surface area contributed by atoms with E-state index in [0.717, 1.165) is 5.92 Å². The van der Waals surface area contributed by atoms with E-state index in [9.17, 15) is 0 Å². The Morgan fingerprint density at radius 2 is 1.62 bits per heavy atom. The van der Waals surface area contributed by atoms with Crippen molar-refractivity contribution in [3.8, 4) is 0 Å². The normalized spacial score (nSPS) is 22.2. The molecule has 0 radical (unpaired) electrons. The van der Waals surface area contributed by atoms with Gasteiger partial charge in [-0.2, -0.15) is 0 Å². The summed E-state index contributed by atoms with van der Waals surface area (Å²) < 4.78 is 1.94. The van der Waals surface area contributed by atoms with Gasteiger partial charge in [-0.05, 0) is 0 Å². The molecule has 0 heterocycles. The summed E-state index contributed by atoms with van der Waals surface area (Å²) in [4.78, 5) is 0. The first-order valence-electron chi connectivity index (χ1n) is 9.71. The summed E-state index contributed by atoms with van der Waals surface area (Å²) in [5.74, 6) is 0.794. The Kier molecular flexibility index (Phi) is 5.18. The average Bonchev–Trinajstić information content (AvgIpc) is 2.81. The number of allylic oxidation sites excluding steroid dienone is 4. The number of rotatable bonds is 4. The predicted molar refractivity (Wildman–Crippen MR) is 108 cm³/mol. The molecule has 0 bridgehead atoms. The van der Waals surface area contributed by atoms with Crippen LogP contribution in [-0.4, -0.2) is 8.07 Å². The van der Waals surface area contributed by atoms with E-state index in [-0.39, 0.29) is 0 Å². The zero-order chi connectivity index (χ0) is 17.5. The Bertz CT molecular complexity index is 674. The molecule has 0 aromatic heterocycles. The third-order valence-corrected chi connectivity index (χ3v) is 13.2. The molecule has 1 unspecified atom stereocenters. The van der Waals surface area contributed by atoms with Crippen molar-refractivity contribution in [1.29, 1.82) is 0 Å². The summed E-state index contributed by atoms with van der Waals surface area (Å²) in [5.41, 5.74) is 5.39. The molecule has 1 atom stereocenters. The van der Waals surface area contributed by atoms with Gasteiger partial charge in [-0.15, -0.1) is 0 Å². The fraction of sp³-hybridized carbons (Fsp3) is 0.545. The Labute approximate surface area is 153 Å². The van der Waals surface area contributed by atoms with Crippen LogP contribution in [0.1, 0.15) is 32.6 Å². The van der Waals surface area contributed by atoms with Gasteiger partial charge >= 0.3 is 154 Å². The van der Waals surface area contributed by atoms with Crippen molar-refractivity contribution in [2.75, 3.05) is 0 Å². The van der Waals surface area contributed by atoms with E-state index < -0.39 is 24.7 Å². The first-order chi connectivity index (χ1) is 11.2. The van der Waals surface area contributed by atoms with Crippen LogP contribution in [0.25, 0.3) is 0 Å². The molecule has 2 heteroatoms. The molecule has 0 saturated carbocycles. The molecule has 1 aromatic rings. The number of benzene rings is 1. The summed E-state index contributed by atoms with van der Waals surface area (Å²) in [6.45, 7) is 7.64. The fourth-order valence-corrected chi connectivity index (χ4v) is 12.3. The molecular formula is C22H34SiTi. The minimum atomic E-state index is -1.83. The molecule has 0 fully saturated rings. The molecule has 130 valence electrons. The van der Waals surface area contributed by atoms with Crippen LogP contribution in [0.5, 0.6) is 0 Å². The molecule has 24 heavy (non-hydrogen) atoms. The van der Waals surface area contributed by atoms with Gasteiger partial charge in [0.25, 0.3) is 0 Å². The van der Waals surface area contributed by atoms with Crippen molar-refractivity contribution in [2.24, 2.45) is 5.92 Å². The van der Waals surface area contributed by atoms with Crippen LogP contribution in [0.4, 0.5) is 0 Å². The summed E-state index contributed by atoms with van der Waals surface area (Å²) in [6, 6.07) is 12.8. The third kappa shape index (κ3) is 3.45. The standard InChI is InChI=1S/C19H25Si.3CH3.Ti/c1-15-13-16(19-12-8-7-11-18(15)19)14-20(2,3)17-9-5-4-6-10-17;;;;/h4-6,9-10,16H,7-8,11-12,14H2,1-3H3;3*1H3;. The molecule has 0 N–H and O–H groups in total. The summed E-state index contributed by atoms with van der Waals surface area (Å²) in [6.07, 6.45) is 5.55. The minimum absolute atomic E-state index is 0.794. The van der Waals surface area contributed by atoms with Crippen molar-refractivity contribution in [2.45, 2.75) is 67.4 Å². The second kappa shape index (κ2) is 6.74. The van der Waals surface area contributed by atoms with Crippen molar-refractivity contribution >= 4 is 13.3 Å². The molecule has 0 spiro atoms. The van der Waals surface area contributed by atoms with Gasteiger partial charge in [0, 0.05) is 0 Å². The van der Waals surface area contributed by atoms with E-state index in [1.165, 1.54) is 31.7 Å². The monoisotopic (exact) mass is 374 g/mol. The van der Waals surface area contributed by atoms with Gasteiger partial charge in [-0.1, -0.05) is 0 Å². The average molecular weight is 374 g/mol. The number of hydrogen-bond acceptors (Lipinski definition) is 0. The first kappa shape index (κ1) is 18.4. The molecule has 0 nitrogen and oxygen atoms in total. The molecule has 2 aliphatic rings. The van der Waals surface area contributed by atoms with Gasteiger partial charge in [0.05, 0.1) is 0 Å². The van der Waals surface area contributed by atoms with E-state index in [4.69, 9.17) is 0 Å². The maximum absolute atomic E-state index is 2.61. The summed E-state index contributed by atoms with van der Waals surface area (Å²) in [7, 11) is -1.41. The van der Waals surface area contributed by atoms with Gasteiger partial charge in [0.15, 0.2) is 0 Å². The third-order valence-electron chi connectivity index (χ3n) is 6.21. The van der Waals surface area contributed by atoms with E-state index in [2.05, 4.69) is 66.0 Å². The van der Waals surface area contributed by atoms with Crippen molar-refractivity contribution in [3.05, 3.63) is 50.9 Å². The van der Waals surface area contributed by atoms with Crippen LogP contribution in [0, 0.1) is 5.92 Å². The predicted octanol–water partition coefficient (Wildman–Crippen LogP) is 6.67. The van der Waals surface area contributed by atoms with Gasteiger partial charge in [0.1, 0.15) is 0 Å². The van der Waals surface area contributed by atoms with Crippen LogP contribution < -0.4 is 5.19 Å². The Balaban J connectivity index is 1.99. The summed E-state index contributed by atoms with van der Waals surface area (Å²) >= 11 is -1.83. The van der Waals surface area contributed by atoms with Gasteiger partial charge in [-0.3, -0.25) is 0 Å². The van der Waals surface area contributed by atoms with E-state index in [0.29, 0.717) is 0 Å². The van der Waals surface area contributed by atoms with Gasteiger partial charge in [-0.25, -0.2) is 0 Å². The Morgan fingerprint density at radius 1 is 1.00 bits per heavy atom. The van der Waals surface area contributed by atoms with Gasteiger partial charge in [0.2, 0.25) is 0 Å². The number of hydrogen-bond donors (Lipinski definition) is 0. The SMILES string of the molecule is CC1=[C]([Ti]([CH3])([CH3])[CH3])C(C[Si](C)(C)c2ccccc2)C2=C1CCCC2. The van der Waals surface area contributed by atoms with Crippen LogP contribution in [-0.2, 0) is 16.6 Å². The molecule has 3 rings (SSSR count). The Hall–Kier alpha value is -0.369.